The Bertz CT molecular complexity index is 1940. The first-order valence-electron chi connectivity index (χ1n) is 15.8. The Hall–Kier alpha value is -5.79. The van der Waals surface area contributed by atoms with Crippen molar-refractivity contribution in [2.45, 2.75) is 78.0 Å². The van der Waals surface area contributed by atoms with E-state index in [1.165, 1.54) is 41.3 Å². The molecule has 1 fully saturated rings. The summed E-state index contributed by atoms with van der Waals surface area (Å²) in [4.78, 5) is 78.6. The summed E-state index contributed by atoms with van der Waals surface area (Å²) in [7, 11) is 0. The Morgan fingerprint density at radius 1 is 1.00 bits per heavy atom. The number of nitrogens with zero attached hydrogens (tertiary/aromatic N) is 4. The van der Waals surface area contributed by atoms with E-state index in [0.29, 0.717) is 10.3 Å². The van der Waals surface area contributed by atoms with Crippen LogP contribution in [0.3, 0.4) is 0 Å². The van der Waals surface area contributed by atoms with Crippen molar-refractivity contribution in [3.05, 3.63) is 70.0 Å². The topological polar surface area (TPSA) is 218 Å². The fourth-order valence-electron chi connectivity index (χ4n) is 5.10. The number of imide groups is 1. The number of carboxylic acids is 1. The van der Waals surface area contributed by atoms with E-state index in [-0.39, 0.29) is 41.2 Å². The number of fused-ring (bicyclic) bond motifs is 1. The van der Waals surface area contributed by atoms with Gasteiger partial charge in [-0.3, -0.25) is 23.7 Å². The minimum Gasteiger partial charge on any atom is -0.480 e. The van der Waals surface area contributed by atoms with E-state index in [9.17, 15) is 44.2 Å². The molecule has 16 nitrogen and oxygen atoms in total. The molecule has 4 amide bonds. The number of hydrogen-bond acceptors (Lipinski definition) is 11. The molecule has 4 rings (SSSR count). The molecule has 2 atom stereocenters. The lowest BCUT2D eigenvalue weighted by Gasteiger charge is -2.34. The Labute approximate surface area is 292 Å². The molecule has 0 bridgehead atoms. The molecule has 3 N–H and O–H groups in total. The third kappa shape index (κ3) is 9.47. The quantitative estimate of drug-likeness (QED) is 0.307. The van der Waals surface area contributed by atoms with Gasteiger partial charge in [0.1, 0.15) is 17.7 Å². The van der Waals surface area contributed by atoms with Crippen LogP contribution in [0.15, 0.2) is 53.3 Å². The van der Waals surface area contributed by atoms with Crippen LogP contribution in [0.4, 0.5) is 21.0 Å². The van der Waals surface area contributed by atoms with Crippen LogP contribution in [0.25, 0.3) is 10.9 Å². The highest BCUT2D eigenvalue weighted by Crippen LogP contribution is 2.26. The smallest absolute Gasteiger partial charge is 0.420 e. The van der Waals surface area contributed by atoms with Crippen LogP contribution in [0.1, 0.15) is 52.7 Å². The zero-order valence-electron chi connectivity index (χ0n) is 29.0. The van der Waals surface area contributed by atoms with Crippen molar-refractivity contribution in [1.29, 1.82) is 5.26 Å². The van der Waals surface area contributed by atoms with Gasteiger partial charge in [0.2, 0.25) is 0 Å². The number of nitriles is 1. The molecule has 0 saturated carbocycles. The molecule has 0 spiro atoms. The summed E-state index contributed by atoms with van der Waals surface area (Å²) in [5.41, 5.74) is -1.66. The van der Waals surface area contributed by atoms with Gasteiger partial charge in [0.05, 0.1) is 30.3 Å². The van der Waals surface area contributed by atoms with Crippen LogP contribution in [0.2, 0.25) is 0 Å². The third-order valence-electron chi connectivity index (χ3n) is 7.31. The predicted molar refractivity (Wildman–Crippen MR) is 182 cm³/mol. The fraction of sp³-hybridized carbons (Fsp3) is 0.400. The molecule has 1 saturated heterocycles. The molecule has 3 aromatic rings. The van der Waals surface area contributed by atoms with E-state index >= 15 is 0 Å². The normalized spacial score (nSPS) is 15.5. The number of amides is 4. The summed E-state index contributed by atoms with van der Waals surface area (Å²) in [6, 6.07) is 13.4. The first-order chi connectivity index (χ1) is 23.8. The van der Waals surface area contributed by atoms with Crippen LogP contribution in [-0.2, 0) is 41.7 Å². The van der Waals surface area contributed by atoms with Crippen molar-refractivity contribution in [3.8, 4) is 6.07 Å². The Balaban J connectivity index is 1.56. The van der Waals surface area contributed by atoms with Crippen molar-refractivity contribution < 1.29 is 48.4 Å². The fourth-order valence-corrected chi connectivity index (χ4v) is 5.10. The van der Waals surface area contributed by atoms with E-state index in [1.807, 2.05) is 6.07 Å². The molecule has 51 heavy (non-hydrogen) atoms. The number of carboxylic acid groups (broad SMARTS) is 1. The number of ether oxygens (including phenoxy) is 3. The van der Waals surface area contributed by atoms with Crippen molar-refractivity contribution in [1.82, 2.24) is 9.47 Å². The molecule has 270 valence electrons. The zero-order chi connectivity index (χ0) is 37.8. The average Bonchev–Trinajstić information content (AvgIpc) is 3.02. The summed E-state index contributed by atoms with van der Waals surface area (Å²) in [6.07, 6.45) is -5.71. The monoisotopic (exact) mass is 705 g/mol. The molecule has 16 heteroatoms. The molecule has 1 aromatic heterocycles. The minimum absolute atomic E-state index is 0.0377. The highest BCUT2D eigenvalue weighted by atomic mass is 16.6. The summed E-state index contributed by atoms with van der Waals surface area (Å²) < 4.78 is 17.3. The number of carbonyl (C=O) groups is 5. The van der Waals surface area contributed by atoms with Gasteiger partial charge in [-0.05, 0) is 88.9 Å². The summed E-state index contributed by atoms with van der Waals surface area (Å²) in [6.45, 7) is 8.58. The van der Waals surface area contributed by atoms with Gasteiger partial charge in [0, 0.05) is 24.0 Å². The van der Waals surface area contributed by atoms with Crippen molar-refractivity contribution in [2.24, 2.45) is 0 Å². The maximum Gasteiger partial charge on any atom is 0.420 e. The van der Waals surface area contributed by atoms with E-state index in [2.05, 4.69) is 5.32 Å². The second kappa shape index (κ2) is 15.0. The van der Waals surface area contributed by atoms with Crippen LogP contribution in [0.5, 0.6) is 0 Å². The number of carbonyl (C=O) groups excluding carboxylic acids is 4. The van der Waals surface area contributed by atoms with Crippen LogP contribution in [-0.4, -0.2) is 86.2 Å². The number of aliphatic carboxylic acids is 1. The molecule has 0 aliphatic carbocycles. The van der Waals surface area contributed by atoms with Crippen LogP contribution in [0, 0.1) is 11.3 Å². The molecule has 1 aliphatic rings. The van der Waals surface area contributed by atoms with Gasteiger partial charge in [0.15, 0.2) is 12.2 Å². The van der Waals surface area contributed by atoms with Crippen LogP contribution < -0.4 is 15.8 Å². The predicted octanol–water partition coefficient (Wildman–Crippen LogP) is 3.36. The van der Waals surface area contributed by atoms with Gasteiger partial charge in [-0.2, -0.15) is 5.26 Å². The highest BCUT2D eigenvalue weighted by Gasteiger charge is 2.40. The molecule has 0 radical (unpaired) electrons. The lowest BCUT2D eigenvalue weighted by Crippen LogP contribution is -2.55. The molecule has 1 aliphatic heterocycles. The van der Waals surface area contributed by atoms with E-state index in [1.54, 1.807) is 53.7 Å². The lowest BCUT2D eigenvalue weighted by molar-refractivity contribution is -0.150. The van der Waals surface area contributed by atoms with Gasteiger partial charge in [-0.25, -0.2) is 14.5 Å². The number of hydrogen-bond donors (Lipinski definition) is 3. The number of rotatable bonds is 8. The summed E-state index contributed by atoms with van der Waals surface area (Å²) >= 11 is 0. The van der Waals surface area contributed by atoms with Gasteiger partial charge in [-0.15, -0.1) is 0 Å². The van der Waals surface area contributed by atoms with Gasteiger partial charge in [0.25, 0.3) is 17.4 Å². The third-order valence-corrected chi connectivity index (χ3v) is 7.31. The van der Waals surface area contributed by atoms with E-state index < -0.39 is 72.0 Å². The maximum atomic E-state index is 13.5. The number of aromatic nitrogens is 1. The number of nitrogens with one attached hydrogen (secondary N) is 1. The largest absolute Gasteiger partial charge is 0.480 e. The average molecular weight is 706 g/mol. The van der Waals surface area contributed by atoms with E-state index in [4.69, 9.17) is 14.2 Å². The number of morpholine rings is 1. The second-order valence-corrected chi connectivity index (χ2v) is 13.6. The van der Waals surface area contributed by atoms with Gasteiger partial charge in [-0.1, -0.05) is 6.07 Å². The SMILES string of the molecule is CC(C)(C)OC(=O)N(Cc1cc(NC(=O)C(O)C2OCCN(c3ccc4ccc(=O)n(CC(=O)O)c4c3)C2=O)ccc1C#N)C(=O)OC(C)(C)C. The molecule has 2 heterocycles. The zero-order valence-corrected chi connectivity index (χ0v) is 29.0. The number of pyridine rings is 1. The van der Waals surface area contributed by atoms with Gasteiger partial charge >= 0.3 is 18.2 Å². The van der Waals surface area contributed by atoms with Crippen molar-refractivity contribution >= 4 is 52.2 Å². The number of aliphatic hydroxyl groups is 1. The standard InChI is InChI=1S/C35H39N5O11/c1-34(2,3)50-32(47)40(33(48)51-35(4,5)6)18-22-15-23(10-7-21(22)17-36)37-30(45)28(44)29-31(46)38(13-14-49-29)24-11-8-20-9-12-26(41)39(19-27(42)43)25(20)16-24/h7-12,15-16,28-29,44H,13-14,18-19H2,1-6H3,(H,37,45)(H,42,43). The van der Waals surface area contributed by atoms with E-state index in [0.717, 1.165) is 4.57 Å². The second-order valence-electron chi connectivity index (χ2n) is 13.6. The van der Waals surface area contributed by atoms with Gasteiger partial charge < -0.3 is 34.6 Å². The highest BCUT2D eigenvalue weighted by molar-refractivity contribution is 6.04. The maximum absolute atomic E-state index is 13.5. The minimum atomic E-state index is -2.01. The number of anilines is 2. The first kappa shape index (κ1) is 38.0. The molecule has 2 aromatic carbocycles. The molecular weight excluding hydrogens is 666 g/mol. The van der Waals surface area contributed by atoms with Crippen molar-refractivity contribution in [2.75, 3.05) is 23.4 Å². The Morgan fingerprint density at radius 2 is 1.63 bits per heavy atom. The lowest BCUT2D eigenvalue weighted by atomic mass is 10.1. The Morgan fingerprint density at radius 3 is 2.22 bits per heavy atom. The Kier molecular flexibility index (Phi) is 11.2. The van der Waals surface area contributed by atoms with Crippen LogP contribution >= 0.6 is 0 Å². The summed E-state index contributed by atoms with van der Waals surface area (Å²) in [5.74, 6) is -3.03. The molecular formula is C35H39N5O11. The van der Waals surface area contributed by atoms with Crippen molar-refractivity contribution in [3.63, 3.8) is 0 Å². The molecule has 2 unspecified atom stereocenters. The summed E-state index contributed by atoms with van der Waals surface area (Å²) in [5, 5.41) is 33.1. The number of benzene rings is 2. The first-order valence-corrected chi connectivity index (χ1v) is 15.8. The number of aliphatic hydroxyl groups excluding tert-OH is 1.